The second-order valence-electron chi connectivity index (χ2n) is 7.02. The van der Waals surface area contributed by atoms with Gasteiger partial charge in [-0.3, -0.25) is 9.59 Å². The van der Waals surface area contributed by atoms with E-state index in [0.29, 0.717) is 5.56 Å². The summed E-state index contributed by atoms with van der Waals surface area (Å²) in [6, 6.07) is 15.3. The summed E-state index contributed by atoms with van der Waals surface area (Å²) in [5.41, 5.74) is 1.52. The van der Waals surface area contributed by atoms with Gasteiger partial charge in [0, 0.05) is 18.2 Å². The minimum atomic E-state index is -3.71. The van der Waals surface area contributed by atoms with Crippen LogP contribution >= 0.6 is 0 Å². The molecule has 0 saturated heterocycles. The smallest absolute Gasteiger partial charge is 0.308 e. The van der Waals surface area contributed by atoms with E-state index in [0.717, 1.165) is 18.4 Å². The van der Waals surface area contributed by atoms with E-state index >= 15 is 0 Å². The number of esters is 1. The van der Waals surface area contributed by atoms with Gasteiger partial charge in [0.25, 0.3) is 5.91 Å². The number of hydrogen-bond donors (Lipinski definition) is 2. The highest BCUT2D eigenvalue weighted by Crippen LogP contribution is 2.23. The van der Waals surface area contributed by atoms with E-state index in [9.17, 15) is 18.0 Å². The maximum atomic E-state index is 12.5. The van der Waals surface area contributed by atoms with Crippen LogP contribution < -0.4 is 10.0 Å². The molecule has 2 aromatic rings. The molecule has 1 saturated carbocycles. The molecule has 2 aromatic carbocycles. The number of rotatable bonds is 9. The van der Waals surface area contributed by atoms with E-state index < -0.39 is 22.1 Å². The largest absolute Gasteiger partial charge is 0.447 e. The number of benzene rings is 2. The van der Waals surface area contributed by atoms with E-state index in [2.05, 4.69) is 10.0 Å². The number of hydrogen-bond acceptors (Lipinski definition) is 5. The maximum absolute atomic E-state index is 12.5. The molecule has 3 rings (SSSR count). The first-order valence-electron chi connectivity index (χ1n) is 9.46. The Morgan fingerprint density at radius 3 is 2.34 bits per heavy atom. The number of carbonyl (C=O) groups is 2. The number of ether oxygens (including phenoxy) is 1. The second-order valence-corrected chi connectivity index (χ2v) is 8.79. The van der Waals surface area contributed by atoms with Crippen molar-refractivity contribution in [1.82, 2.24) is 10.0 Å². The van der Waals surface area contributed by atoms with Crippen LogP contribution in [0.25, 0.3) is 0 Å². The zero-order valence-corrected chi connectivity index (χ0v) is 16.9. The minimum absolute atomic E-state index is 0.124. The Hall–Kier alpha value is -2.71. The molecule has 0 aromatic heterocycles. The van der Waals surface area contributed by atoms with Crippen LogP contribution in [0.4, 0.5) is 0 Å². The van der Waals surface area contributed by atoms with Crippen LogP contribution in [0.5, 0.6) is 0 Å². The van der Waals surface area contributed by atoms with Crippen LogP contribution in [0.2, 0.25) is 0 Å². The standard InChI is InChI=1S/C21H24N2O5S/c1-15-7-11-18(12-8-15)29(26,27)22-14-13-19(24)28-20(16-5-3-2-4-6-16)21(25)23-17-9-10-17/h2-8,11-12,17,20,22H,9-10,13-14H2,1H3,(H,23,25)/t20-/m1/s1. The van der Waals surface area contributed by atoms with Crippen LogP contribution in [-0.2, 0) is 24.3 Å². The van der Waals surface area contributed by atoms with Crippen LogP contribution in [0.3, 0.4) is 0 Å². The second kappa shape index (κ2) is 9.19. The Bertz CT molecular complexity index is 954. The van der Waals surface area contributed by atoms with Gasteiger partial charge in [0.05, 0.1) is 11.3 Å². The molecule has 0 unspecified atom stereocenters. The third-order valence-corrected chi connectivity index (χ3v) is 5.94. The van der Waals surface area contributed by atoms with Crippen molar-refractivity contribution in [2.45, 2.75) is 43.2 Å². The average Bonchev–Trinajstić information content (AvgIpc) is 3.51. The first kappa shape index (κ1) is 21.0. The average molecular weight is 416 g/mol. The predicted octanol–water partition coefficient (Wildman–Crippen LogP) is 2.23. The van der Waals surface area contributed by atoms with Crippen LogP contribution in [0.15, 0.2) is 59.5 Å². The Kier molecular flexibility index (Phi) is 6.66. The first-order chi connectivity index (χ1) is 13.8. The molecule has 1 aliphatic carbocycles. The fourth-order valence-electron chi connectivity index (χ4n) is 2.68. The monoisotopic (exact) mass is 416 g/mol. The molecule has 1 fully saturated rings. The zero-order valence-electron chi connectivity index (χ0n) is 16.1. The van der Waals surface area contributed by atoms with Gasteiger partial charge in [-0.25, -0.2) is 13.1 Å². The van der Waals surface area contributed by atoms with Crippen LogP contribution in [0.1, 0.15) is 36.5 Å². The summed E-state index contributed by atoms with van der Waals surface area (Å²) in [5.74, 6) is -1.02. The van der Waals surface area contributed by atoms with Crippen molar-refractivity contribution in [1.29, 1.82) is 0 Å². The highest BCUT2D eigenvalue weighted by atomic mass is 32.2. The van der Waals surface area contributed by atoms with Gasteiger partial charge < -0.3 is 10.1 Å². The molecule has 1 aliphatic rings. The van der Waals surface area contributed by atoms with Gasteiger partial charge in [-0.05, 0) is 31.9 Å². The third kappa shape index (κ3) is 6.13. The number of carbonyl (C=O) groups excluding carboxylic acids is 2. The molecule has 29 heavy (non-hydrogen) atoms. The lowest BCUT2D eigenvalue weighted by atomic mass is 10.1. The fraction of sp³-hybridized carbons (Fsp3) is 0.333. The van der Waals surface area contributed by atoms with Crippen molar-refractivity contribution >= 4 is 21.9 Å². The molecule has 8 heteroatoms. The molecule has 0 radical (unpaired) electrons. The molecule has 0 spiro atoms. The molecule has 154 valence electrons. The van der Waals surface area contributed by atoms with Crippen molar-refractivity contribution in [3.05, 3.63) is 65.7 Å². The summed E-state index contributed by atoms with van der Waals surface area (Å²) in [4.78, 5) is 24.9. The molecular formula is C21H24N2O5S. The summed E-state index contributed by atoms with van der Waals surface area (Å²) < 4.78 is 32.3. The Labute approximate surface area is 170 Å². The maximum Gasteiger partial charge on any atom is 0.308 e. The highest BCUT2D eigenvalue weighted by molar-refractivity contribution is 7.89. The van der Waals surface area contributed by atoms with Gasteiger partial charge in [0.15, 0.2) is 0 Å². The molecule has 1 amide bonds. The zero-order chi connectivity index (χ0) is 20.9. The minimum Gasteiger partial charge on any atom is -0.447 e. The molecular weight excluding hydrogens is 392 g/mol. The summed E-state index contributed by atoms with van der Waals surface area (Å²) >= 11 is 0. The number of sulfonamides is 1. The highest BCUT2D eigenvalue weighted by Gasteiger charge is 2.30. The SMILES string of the molecule is Cc1ccc(S(=O)(=O)NCCC(=O)O[C@@H](C(=O)NC2CC2)c2ccccc2)cc1. The van der Waals surface area contributed by atoms with Crippen LogP contribution in [-0.4, -0.2) is 32.9 Å². The lowest BCUT2D eigenvalue weighted by Gasteiger charge is -2.18. The molecule has 0 heterocycles. The van der Waals surface area contributed by atoms with E-state index in [1.165, 1.54) is 12.1 Å². The van der Waals surface area contributed by atoms with E-state index in [-0.39, 0.29) is 29.8 Å². The van der Waals surface area contributed by atoms with Gasteiger partial charge in [0.2, 0.25) is 16.1 Å². The number of amides is 1. The van der Waals surface area contributed by atoms with Crippen molar-refractivity contribution in [2.75, 3.05) is 6.54 Å². The van der Waals surface area contributed by atoms with Crippen molar-refractivity contribution in [2.24, 2.45) is 0 Å². The summed E-state index contributed by atoms with van der Waals surface area (Å²) in [7, 11) is -3.71. The third-order valence-electron chi connectivity index (χ3n) is 4.47. The molecule has 7 nitrogen and oxygen atoms in total. The van der Waals surface area contributed by atoms with Crippen LogP contribution in [0, 0.1) is 6.92 Å². The Balaban J connectivity index is 1.57. The first-order valence-corrected chi connectivity index (χ1v) is 10.9. The van der Waals surface area contributed by atoms with Gasteiger partial charge >= 0.3 is 5.97 Å². The van der Waals surface area contributed by atoms with Crippen molar-refractivity contribution in [3.8, 4) is 0 Å². The molecule has 1 atom stereocenters. The van der Waals surface area contributed by atoms with E-state index in [4.69, 9.17) is 4.74 Å². The number of aryl methyl sites for hydroxylation is 1. The summed E-state index contributed by atoms with van der Waals surface area (Å²) in [5, 5.41) is 2.84. The van der Waals surface area contributed by atoms with Gasteiger partial charge in [0.1, 0.15) is 0 Å². The summed E-state index contributed by atoms with van der Waals surface area (Å²) in [6.45, 7) is 1.74. The lowest BCUT2D eigenvalue weighted by molar-refractivity contribution is -0.156. The Morgan fingerprint density at radius 2 is 1.72 bits per heavy atom. The lowest BCUT2D eigenvalue weighted by Crippen LogP contribution is -2.34. The van der Waals surface area contributed by atoms with Gasteiger partial charge in [-0.15, -0.1) is 0 Å². The Morgan fingerprint density at radius 1 is 1.07 bits per heavy atom. The molecule has 0 aliphatic heterocycles. The molecule has 2 N–H and O–H groups in total. The number of nitrogens with one attached hydrogen (secondary N) is 2. The van der Waals surface area contributed by atoms with Crippen molar-refractivity contribution in [3.63, 3.8) is 0 Å². The topological polar surface area (TPSA) is 102 Å². The van der Waals surface area contributed by atoms with Gasteiger partial charge in [-0.1, -0.05) is 48.0 Å². The molecule has 0 bridgehead atoms. The predicted molar refractivity (Wildman–Crippen MR) is 107 cm³/mol. The van der Waals surface area contributed by atoms with E-state index in [1.807, 2.05) is 6.92 Å². The van der Waals surface area contributed by atoms with Gasteiger partial charge in [-0.2, -0.15) is 0 Å². The van der Waals surface area contributed by atoms with E-state index in [1.54, 1.807) is 42.5 Å². The quantitative estimate of drug-likeness (QED) is 0.611. The normalized spacial score (nSPS) is 14.8. The van der Waals surface area contributed by atoms with Crippen molar-refractivity contribution < 1.29 is 22.7 Å². The fourth-order valence-corrected chi connectivity index (χ4v) is 3.72. The summed E-state index contributed by atoms with van der Waals surface area (Å²) in [6.07, 6.45) is 0.591.